The maximum atomic E-state index is 12.7. The number of ether oxygens (including phenoxy) is 2. The highest BCUT2D eigenvalue weighted by Crippen LogP contribution is 2.22. The van der Waals surface area contributed by atoms with E-state index in [2.05, 4.69) is 9.97 Å². The molecule has 0 N–H and O–H groups in total. The van der Waals surface area contributed by atoms with Crippen LogP contribution >= 0.6 is 0 Å². The van der Waals surface area contributed by atoms with Crippen molar-refractivity contribution in [3.8, 4) is 11.8 Å². The van der Waals surface area contributed by atoms with E-state index < -0.39 is 0 Å². The maximum Gasteiger partial charge on any atom is 0.259 e. The minimum Gasteiger partial charge on any atom is -0.477 e. The molecule has 24 heavy (non-hydrogen) atoms. The number of carbonyl (C=O) groups is 1. The molecule has 1 atom stereocenters. The van der Waals surface area contributed by atoms with Crippen molar-refractivity contribution in [3.05, 3.63) is 47.8 Å². The smallest absolute Gasteiger partial charge is 0.259 e. The Balaban J connectivity index is 1.66. The van der Waals surface area contributed by atoms with Crippen LogP contribution in [0.3, 0.4) is 0 Å². The molecule has 1 aliphatic rings. The summed E-state index contributed by atoms with van der Waals surface area (Å²) >= 11 is 0. The molecule has 1 saturated heterocycles. The number of pyridine rings is 2. The number of likely N-dealkylation sites (tertiary alicyclic amines) is 1. The van der Waals surface area contributed by atoms with Crippen LogP contribution < -0.4 is 9.47 Å². The van der Waals surface area contributed by atoms with E-state index >= 15 is 0 Å². The fourth-order valence-corrected chi connectivity index (χ4v) is 2.74. The summed E-state index contributed by atoms with van der Waals surface area (Å²) in [5, 5.41) is 0. The summed E-state index contributed by atoms with van der Waals surface area (Å²) in [5.41, 5.74) is 1.41. The summed E-state index contributed by atoms with van der Waals surface area (Å²) in [6, 6.07) is 9.17. The van der Waals surface area contributed by atoms with Gasteiger partial charge in [-0.1, -0.05) is 6.07 Å². The van der Waals surface area contributed by atoms with Crippen LogP contribution in [0.2, 0.25) is 0 Å². The average molecular weight is 327 g/mol. The van der Waals surface area contributed by atoms with Gasteiger partial charge in [0.05, 0.1) is 13.2 Å². The van der Waals surface area contributed by atoms with Gasteiger partial charge in [-0.3, -0.25) is 4.79 Å². The van der Waals surface area contributed by atoms with Crippen LogP contribution in [0, 0.1) is 6.92 Å². The van der Waals surface area contributed by atoms with E-state index in [4.69, 9.17) is 9.47 Å². The first-order valence-corrected chi connectivity index (χ1v) is 8.14. The number of nitrogens with zero attached hydrogens (tertiary/aromatic N) is 3. The Morgan fingerprint density at radius 1 is 1.33 bits per heavy atom. The molecular formula is C18H21N3O3. The Morgan fingerprint density at radius 2 is 2.21 bits per heavy atom. The maximum absolute atomic E-state index is 12.7. The number of aromatic nitrogens is 2. The number of aryl methyl sites for hydroxylation is 1. The van der Waals surface area contributed by atoms with E-state index in [1.807, 2.05) is 32.0 Å². The SMILES string of the molecule is CCOc1ncccc1C(=O)N1CCC(Oc2cccc(C)n2)C1. The van der Waals surface area contributed by atoms with Gasteiger partial charge < -0.3 is 14.4 Å². The third-order valence-electron chi connectivity index (χ3n) is 3.87. The molecule has 0 bridgehead atoms. The first-order chi connectivity index (χ1) is 11.7. The van der Waals surface area contributed by atoms with E-state index in [-0.39, 0.29) is 12.0 Å². The standard InChI is InChI=1S/C18H21N3O3/c1-3-23-17-15(7-5-10-19-17)18(22)21-11-9-14(12-21)24-16-8-4-6-13(2)20-16/h4-8,10,14H,3,9,11-12H2,1-2H3. The first-order valence-electron chi connectivity index (χ1n) is 8.14. The molecule has 3 heterocycles. The van der Waals surface area contributed by atoms with Crippen molar-refractivity contribution in [1.29, 1.82) is 0 Å². The van der Waals surface area contributed by atoms with Gasteiger partial charge in [0.25, 0.3) is 5.91 Å². The van der Waals surface area contributed by atoms with Gasteiger partial charge in [-0.2, -0.15) is 0 Å². The second-order valence-electron chi connectivity index (χ2n) is 5.69. The van der Waals surface area contributed by atoms with Crippen LogP contribution in [0.25, 0.3) is 0 Å². The Labute approximate surface area is 141 Å². The molecular weight excluding hydrogens is 306 g/mol. The molecule has 0 saturated carbocycles. The van der Waals surface area contributed by atoms with Crippen LogP contribution in [0.1, 0.15) is 29.4 Å². The lowest BCUT2D eigenvalue weighted by atomic mass is 10.2. The van der Waals surface area contributed by atoms with E-state index in [1.165, 1.54) is 0 Å². The number of hydrogen-bond donors (Lipinski definition) is 0. The molecule has 0 aliphatic carbocycles. The number of hydrogen-bond acceptors (Lipinski definition) is 5. The van der Waals surface area contributed by atoms with Crippen LogP contribution in [0.15, 0.2) is 36.5 Å². The molecule has 0 spiro atoms. The average Bonchev–Trinajstić information content (AvgIpc) is 3.03. The Kier molecular flexibility index (Phi) is 4.93. The van der Waals surface area contributed by atoms with Gasteiger partial charge >= 0.3 is 0 Å². The second kappa shape index (κ2) is 7.29. The normalized spacial score (nSPS) is 16.9. The van der Waals surface area contributed by atoms with Crippen molar-refractivity contribution in [2.75, 3.05) is 19.7 Å². The molecule has 1 aliphatic heterocycles. The molecule has 1 unspecified atom stereocenters. The van der Waals surface area contributed by atoms with Crippen LogP contribution in [0.5, 0.6) is 11.8 Å². The van der Waals surface area contributed by atoms with Gasteiger partial charge in [-0.25, -0.2) is 9.97 Å². The lowest BCUT2D eigenvalue weighted by Gasteiger charge is -2.18. The number of rotatable bonds is 5. The Morgan fingerprint density at radius 3 is 3.00 bits per heavy atom. The zero-order valence-corrected chi connectivity index (χ0v) is 13.9. The third-order valence-corrected chi connectivity index (χ3v) is 3.87. The predicted octanol–water partition coefficient (Wildman–Crippen LogP) is 2.48. The zero-order valence-electron chi connectivity index (χ0n) is 13.9. The molecule has 1 amide bonds. The largest absolute Gasteiger partial charge is 0.477 e. The molecule has 0 aromatic carbocycles. The predicted molar refractivity (Wildman–Crippen MR) is 89.3 cm³/mol. The second-order valence-corrected chi connectivity index (χ2v) is 5.69. The molecule has 0 radical (unpaired) electrons. The summed E-state index contributed by atoms with van der Waals surface area (Å²) in [6.07, 6.45) is 2.36. The molecule has 3 rings (SSSR count). The van der Waals surface area contributed by atoms with Crippen molar-refractivity contribution >= 4 is 5.91 Å². The Hall–Kier alpha value is -2.63. The quantitative estimate of drug-likeness (QED) is 0.844. The lowest BCUT2D eigenvalue weighted by Crippen LogP contribution is -2.31. The van der Waals surface area contributed by atoms with Gasteiger partial charge in [0.15, 0.2) is 0 Å². The highest BCUT2D eigenvalue weighted by molar-refractivity contribution is 5.96. The Bertz CT molecular complexity index is 720. The van der Waals surface area contributed by atoms with Crippen molar-refractivity contribution in [3.63, 3.8) is 0 Å². The van der Waals surface area contributed by atoms with Crippen LogP contribution in [0.4, 0.5) is 0 Å². The summed E-state index contributed by atoms with van der Waals surface area (Å²) in [6.45, 7) is 5.46. The van der Waals surface area contributed by atoms with Crippen molar-refractivity contribution in [2.45, 2.75) is 26.4 Å². The van der Waals surface area contributed by atoms with Crippen LogP contribution in [-0.4, -0.2) is 46.6 Å². The minimum atomic E-state index is -0.0742. The number of carbonyl (C=O) groups excluding carboxylic acids is 1. The van der Waals surface area contributed by atoms with Crippen molar-refractivity contribution < 1.29 is 14.3 Å². The van der Waals surface area contributed by atoms with E-state index in [9.17, 15) is 4.79 Å². The summed E-state index contributed by atoms with van der Waals surface area (Å²) in [4.78, 5) is 23.0. The molecule has 1 fully saturated rings. The van der Waals surface area contributed by atoms with E-state index in [0.29, 0.717) is 37.0 Å². The highest BCUT2D eigenvalue weighted by Gasteiger charge is 2.30. The topological polar surface area (TPSA) is 64.5 Å². The van der Waals surface area contributed by atoms with Gasteiger partial charge in [-0.15, -0.1) is 0 Å². The van der Waals surface area contributed by atoms with Crippen molar-refractivity contribution in [1.82, 2.24) is 14.9 Å². The van der Waals surface area contributed by atoms with Gasteiger partial charge in [0, 0.05) is 30.9 Å². The zero-order chi connectivity index (χ0) is 16.9. The van der Waals surface area contributed by atoms with Crippen molar-refractivity contribution in [2.24, 2.45) is 0 Å². The summed E-state index contributed by atoms with van der Waals surface area (Å²) < 4.78 is 11.4. The molecule has 6 heteroatoms. The monoisotopic (exact) mass is 327 g/mol. The molecule has 126 valence electrons. The van der Waals surface area contributed by atoms with E-state index in [0.717, 1.165) is 12.1 Å². The van der Waals surface area contributed by atoms with Crippen LogP contribution in [-0.2, 0) is 0 Å². The summed E-state index contributed by atoms with van der Waals surface area (Å²) in [5.74, 6) is 0.912. The van der Waals surface area contributed by atoms with E-state index in [1.54, 1.807) is 23.2 Å². The fourth-order valence-electron chi connectivity index (χ4n) is 2.74. The third kappa shape index (κ3) is 3.64. The molecule has 2 aromatic rings. The fraction of sp³-hybridized carbons (Fsp3) is 0.389. The van der Waals surface area contributed by atoms with Gasteiger partial charge in [-0.05, 0) is 32.0 Å². The number of amides is 1. The van der Waals surface area contributed by atoms with Gasteiger partial charge in [0.1, 0.15) is 11.7 Å². The minimum absolute atomic E-state index is 0.0459. The molecule has 2 aromatic heterocycles. The highest BCUT2D eigenvalue weighted by atomic mass is 16.5. The lowest BCUT2D eigenvalue weighted by molar-refractivity contribution is 0.0766. The van der Waals surface area contributed by atoms with Gasteiger partial charge in [0.2, 0.25) is 11.8 Å². The molecule has 6 nitrogen and oxygen atoms in total. The first kappa shape index (κ1) is 16.2. The summed E-state index contributed by atoms with van der Waals surface area (Å²) in [7, 11) is 0.